The average Bonchev–Trinajstić information content (AvgIpc) is 2.48. The number of ether oxygens (including phenoxy) is 2. The zero-order valence-electron chi connectivity index (χ0n) is 13.4. The summed E-state index contributed by atoms with van der Waals surface area (Å²) in [5, 5.41) is 0. The van der Waals surface area contributed by atoms with Gasteiger partial charge in [0.15, 0.2) is 0 Å². The van der Waals surface area contributed by atoms with Crippen LogP contribution in [0.15, 0.2) is 0 Å². The molecule has 0 amide bonds. The number of halogens is 1. The van der Waals surface area contributed by atoms with Gasteiger partial charge in [-0.1, -0.05) is 0 Å². The van der Waals surface area contributed by atoms with Crippen LogP contribution in [0.25, 0.3) is 0 Å². The van der Waals surface area contributed by atoms with E-state index in [1.54, 1.807) is 7.11 Å². The summed E-state index contributed by atoms with van der Waals surface area (Å²) in [4.78, 5) is 4.64. The van der Waals surface area contributed by atoms with E-state index in [9.17, 15) is 4.39 Å². The summed E-state index contributed by atoms with van der Waals surface area (Å²) < 4.78 is 22.3. The van der Waals surface area contributed by atoms with Gasteiger partial charge in [0.05, 0.1) is 12.3 Å². The molecule has 4 nitrogen and oxygen atoms in total. The summed E-state index contributed by atoms with van der Waals surface area (Å²) in [6.45, 7) is 9.08. The van der Waals surface area contributed by atoms with Gasteiger partial charge in [0.25, 0.3) is 0 Å². The SMILES string of the molecule is CN1CCN(CCCF)CC1.COC1(C)CCOCC1. The lowest BCUT2D eigenvalue weighted by Crippen LogP contribution is -2.44. The topological polar surface area (TPSA) is 24.9 Å². The Hall–Kier alpha value is -0.230. The lowest BCUT2D eigenvalue weighted by atomic mass is 9.97. The van der Waals surface area contributed by atoms with E-state index in [1.165, 1.54) is 0 Å². The molecular weight excluding hydrogens is 259 g/mol. The van der Waals surface area contributed by atoms with Gasteiger partial charge in [-0.15, -0.1) is 0 Å². The Labute approximate surface area is 123 Å². The maximum absolute atomic E-state index is 11.8. The maximum Gasteiger partial charge on any atom is 0.0906 e. The molecule has 2 saturated heterocycles. The van der Waals surface area contributed by atoms with Crippen molar-refractivity contribution < 1.29 is 13.9 Å². The van der Waals surface area contributed by atoms with E-state index in [-0.39, 0.29) is 12.3 Å². The van der Waals surface area contributed by atoms with Gasteiger partial charge in [0.1, 0.15) is 0 Å². The molecule has 2 aliphatic heterocycles. The van der Waals surface area contributed by atoms with Crippen LogP contribution in [0.4, 0.5) is 4.39 Å². The first kappa shape index (κ1) is 17.8. The fourth-order valence-corrected chi connectivity index (χ4v) is 2.36. The quantitative estimate of drug-likeness (QED) is 0.788. The largest absolute Gasteiger partial charge is 0.381 e. The average molecular weight is 290 g/mol. The summed E-state index contributed by atoms with van der Waals surface area (Å²) in [6, 6.07) is 0. The van der Waals surface area contributed by atoms with Crippen molar-refractivity contribution in [3.63, 3.8) is 0 Å². The summed E-state index contributed by atoms with van der Waals surface area (Å²) in [5.41, 5.74) is 0.0955. The third-order valence-electron chi connectivity index (χ3n) is 4.25. The molecule has 20 heavy (non-hydrogen) atoms. The number of hydrogen-bond acceptors (Lipinski definition) is 4. The van der Waals surface area contributed by atoms with Crippen molar-refractivity contribution in [3.8, 4) is 0 Å². The van der Waals surface area contributed by atoms with Gasteiger partial charge in [0.2, 0.25) is 0 Å². The molecule has 2 fully saturated rings. The van der Waals surface area contributed by atoms with Crippen molar-refractivity contribution in [2.75, 3.05) is 66.8 Å². The van der Waals surface area contributed by atoms with Crippen molar-refractivity contribution in [2.24, 2.45) is 0 Å². The first-order valence-corrected chi connectivity index (χ1v) is 7.69. The molecule has 0 aliphatic carbocycles. The van der Waals surface area contributed by atoms with Crippen LogP contribution >= 0.6 is 0 Å². The number of rotatable bonds is 4. The third kappa shape index (κ3) is 6.97. The van der Waals surface area contributed by atoms with Gasteiger partial charge in [0, 0.05) is 53.0 Å². The molecular formula is C15H31FN2O2. The second-order valence-corrected chi connectivity index (χ2v) is 5.95. The van der Waals surface area contributed by atoms with E-state index in [4.69, 9.17) is 9.47 Å². The molecule has 2 rings (SSSR count). The first-order chi connectivity index (χ1) is 9.59. The van der Waals surface area contributed by atoms with E-state index in [1.807, 2.05) is 0 Å². The summed E-state index contributed by atoms with van der Waals surface area (Å²) in [7, 11) is 3.90. The van der Waals surface area contributed by atoms with Crippen LogP contribution in [0.2, 0.25) is 0 Å². The molecule has 2 aliphatic rings. The van der Waals surface area contributed by atoms with Gasteiger partial charge in [-0.2, -0.15) is 0 Å². The van der Waals surface area contributed by atoms with Crippen LogP contribution in [0.1, 0.15) is 26.2 Å². The zero-order valence-corrected chi connectivity index (χ0v) is 13.4. The molecule has 0 spiro atoms. The lowest BCUT2D eigenvalue weighted by Gasteiger charge is -2.31. The van der Waals surface area contributed by atoms with E-state index in [0.29, 0.717) is 6.42 Å². The predicted octanol–water partition coefficient (Wildman–Crippen LogP) is 1.80. The zero-order chi connectivity index (χ0) is 14.8. The Bertz CT molecular complexity index is 237. The number of hydrogen-bond donors (Lipinski definition) is 0. The number of piperazine rings is 1. The minimum atomic E-state index is -0.174. The Morgan fingerprint density at radius 1 is 1.15 bits per heavy atom. The monoisotopic (exact) mass is 290 g/mol. The van der Waals surface area contributed by atoms with Crippen LogP contribution in [-0.2, 0) is 9.47 Å². The van der Waals surface area contributed by atoms with Crippen LogP contribution in [0.5, 0.6) is 0 Å². The van der Waals surface area contributed by atoms with Crippen molar-refractivity contribution in [1.82, 2.24) is 9.80 Å². The minimum absolute atomic E-state index is 0.0955. The molecule has 0 aromatic carbocycles. The molecule has 0 N–H and O–H groups in total. The summed E-state index contributed by atoms with van der Waals surface area (Å²) in [6.07, 6.45) is 2.76. The molecule has 0 saturated carbocycles. The molecule has 0 aromatic rings. The Balaban J connectivity index is 0.000000204. The maximum atomic E-state index is 11.8. The van der Waals surface area contributed by atoms with Gasteiger partial charge in [-0.05, 0) is 33.2 Å². The normalized spacial score (nSPS) is 24.0. The highest BCUT2D eigenvalue weighted by atomic mass is 19.1. The van der Waals surface area contributed by atoms with Crippen LogP contribution < -0.4 is 0 Å². The minimum Gasteiger partial charge on any atom is -0.381 e. The second-order valence-electron chi connectivity index (χ2n) is 5.95. The number of nitrogens with zero attached hydrogens (tertiary/aromatic N) is 2. The second kappa shape index (κ2) is 9.66. The van der Waals surface area contributed by atoms with Crippen molar-refractivity contribution >= 4 is 0 Å². The van der Waals surface area contributed by atoms with Crippen molar-refractivity contribution in [3.05, 3.63) is 0 Å². The van der Waals surface area contributed by atoms with Crippen molar-refractivity contribution in [1.29, 1.82) is 0 Å². The fraction of sp³-hybridized carbons (Fsp3) is 1.00. The van der Waals surface area contributed by atoms with Gasteiger partial charge >= 0.3 is 0 Å². The molecule has 0 atom stereocenters. The molecule has 0 aromatic heterocycles. The first-order valence-electron chi connectivity index (χ1n) is 7.69. The molecule has 120 valence electrons. The Morgan fingerprint density at radius 2 is 1.75 bits per heavy atom. The van der Waals surface area contributed by atoms with Gasteiger partial charge in [-0.25, -0.2) is 0 Å². The van der Waals surface area contributed by atoms with Crippen LogP contribution in [0.3, 0.4) is 0 Å². The van der Waals surface area contributed by atoms with E-state index < -0.39 is 0 Å². The molecule has 0 bridgehead atoms. The lowest BCUT2D eigenvalue weighted by molar-refractivity contribution is -0.0773. The third-order valence-corrected chi connectivity index (χ3v) is 4.25. The van der Waals surface area contributed by atoms with Crippen LogP contribution in [0, 0.1) is 0 Å². The summed E-state index contributed by atoms with van der Waals surface area (Å²) in [5.74, 6) is 0. The number of likely N-dealkylation sites (N-methyl/N-ethyl adjacent to an activating group) is 1. The molecule has 5 heteroatoms. The highest BCUT2D eigenvalue weighted by molar-refractivity contribution is 4.76. The predicted molar refractivity (Wildman–Crippen MR) is 80.0 cm³/mol. The molecule has 0 unspecified atom stereocenters. The smallest absolute Gasteiger partial charge is 0.0906 e. The molecule has 0 radical (unpaired) electrons. The van der Waals surface area contributed by atoms with E-state index in [0.717, 1.165) is 58.8 Å². The van der Waals surface area contributed by atoms with Crippen LogP contribution in [-0.4, -0.2) is 82.2 Å². The van der Waals surface area contributed by atoms with E-state index in [2.05, 4.69) is 23.8 Å². The van der Waals surface area contributed by atoms with Gasteiger partial charge < -0.3 is 19.3 Å². The standard InChI is InChI=1S/C8H17FN2.C7H14O2/c1-10-5-7-11(8-6-10)4-2-3-9;1-7(8-2)3-5-9-6-4-7/h2-8H2,1H3;3-6H2,1-2H3. The molecule has 2 heterocycles. The fourth-order valence-electron chi connectivity index (χ4n) is 2.36. The Morgan fingerprint density at radius 3 is 2.20 bits per heavy atom. The Kier molecular flexibility index (Phi) is 8.61. The van der Waals surface area contributed by atoms with E-state index >= 15 is 0 Å². The van der Waals surface area contributed by atoms with Gasteiger partial charge in [-0.3, -0.25) is 4.39 Å². The number of alkyl halides is 1. The van der Waals surface area contributed by atoms with Crippen molar-refractivity contribution in [2.45, 2.75) is 31.8 Å². The highest BCUT2D eigenvalue weighted by Gasteiger charge is 2.26. The number of methoxy groups -OCH3 is 1. The summed E-state index contributed by atoms with van der Waals surface area (Å²) >= 11 is 0. The highest BCUT2D eigenvalue weighted by Crippen LogP contribution is 2.22.